The molecule has 1 amide bonds. The summed E-state index contributed by atoms with van der Waals surface area (Å²) in [6.07, 6.45) is 4.90. The number of hydrogen-bond donors (Lipinski definition) is 2. The first kappa shape index (κ1) is 14.8. The molecular formula is C12H18N4O3S. The third-order valence-electron chi connectivity index (χ3n) is 3.19. The van der Waals surface area contributed by atoms with Gasteiger partial charge in [-0.1, -0.05) is 24.6 Å². The van der Waals surface area contributed by atoms with E-state index in [1.807, 2.05) is 4.90 Å². The number of hydrogen-bond acceptors (Lipinski definition) is 5. The first-order valence-electron chi connectivity index (χ1n) is 6.76. The van der Waals surface area contributed by atoms with Crippen molar-refractivity contribution in [3.63, 3.8) is 0 Å². The highest BCUT2D eigenvalue weighted by Gasteiger charge is 2.15. The molecule has 110 valence electrons. The van der Waals surface area contributed by atoms with Gasteiger partial charge in [0.25, 0.3) is 5.56 Å². The lowest BCUT2D eigenvalue weighted by Crippen LogP contribution is -2.32. The predicted octanol–water partition coefficient (Wildman–Crippen LogP) is 0.343. The largest absolute Gasteiger partial charge is 0.343 e. The lowest BCUT2D eigenvalue weighted by molar-refractivity contribution is -0.130. The predicted molar refractivity (Wildman–Crippen MR) is 75.9 cm³/mol. The van der Waals surface area contributed by atoms with Crippen LogP contribution in [0.25, 0.3) is 0 Å². The van der Waals surface area contributed by atoms with Crippen LogP contribution >= 0.6 is 11.8 Å². The summed E-state index contributed by atoms with van der Waals surface area (Å²) in [4.78, 5) is 38.3. The van der Waals surface area contributed by atoms with E-state index in [2.05, 4.69) is 15.2 Å². The highest BCUT2D eigenvalue weighted by Crippen LogP contribution is 2.14. The Hall–Kier alpha value is -1.57. The van der Waals surface area contributed by atoms with Crippen molar-refractivity contribution in [2.24, 2.45) is 0 Å². The van der Waals surface area contributed by atoms with E-state index in [9.17, 15) is 14.4 Å². The lowest BCUT2D eigenvalue weighted by Gasteiger charge is -2.19. The molecular weight excluding hydrogens is 280 g/mol. The van der Waals surface area contributed by atoms with Gasteiger partial charge in [0.2, 0.25) is 5.91 Å². The normalized spacial score (nSPS) is 15.9. The minimum atomic E-state index is -0.625. The third kappa shape index (κ3) is 4.22. The van der Waals surface area contributed by atoms with Crippen LogP contribution < -0.4 is 11.2 Å². The summed E-state index contributed by atoms with van der Waals surface area (Å²) in [5, 5.41) is 6.02. The topological polar surface area (TPSA) is 98.9 Å². The molecule has 0 unspecified atom stereocenters. The van der Waals surface area contributed by atoms with Crippen LogP contribution in [0.2, 0.25) is 0 Å². The molecule has 0 saturated carbocycles. The highest BCUT2D eigenvalue weighted by molar-refractivity contribution is 7.99. The molecule has 8 heteroatoms. The van der Waals surface area contributed by atoms with Crippen LogP contribution in [0.15, 0.2) is 14.6 Å². The summed E-state index contributed by atoms with van der Waals surface area (Å²) < 4.78 is 0. The van der Waals surface area contributed by atoms with E-state index in [-0.39, 0.29) is 10.9 Å². The van der Waals surface area contributed by atoms with Crippen LogP contribution in [0, 0.1) is 0 Å². The van der Waals surface area contributed by atoms with Crippen molar-refractivity contribution < 1.29 is 4.79 Å². The smallest absolute Gasteiger partial charge is 0.342 e. The molecule has 1 saturated heterocycles. The van der Waals surface area contributed by atoms with Crippen molar-refractivity contribution in [2.75, 3.05) is 18.8 Å². The Kier molecular flexibility index (Phi) is 5.40. The second kappa shape index (κ2) is 7.28. The van der Waals surface area contributed by atoms with Gasteiger partial charge in [-0.15, -0.1) is 0 Å². The number of aromatic amines is 2. The fourth-order valence-corrected chi connectivity index (χ4v) is 2.91. The number of nitrogens with one attached hydrogen (secondary N) is 2. The fourth-order valence-electron chi connectivity index (χ4n) is 2.15. The minimum Gasteiger partial charge on any atom is -0.343 e. The maximum absolute atomic E-state index is 12.0. The molecule has 0 atom stereocenters. The summed E-state index contributed by atoms with van der Waals surface area (Å²) >= 11 is 1.18. The quantitative estimate of drug-likeness (QED) is 0.781. The van der Waals surface area contributed by atoms with Crippen molar-refractivity contribution in [3.05, 3.63) is 20.8 Å². The van der Waals surface area contributed by atoms with Gasteiger partial charge in [0.15, 0.2) is 5.03 Å². The van der Waals surface area contributed by atoms with Crippen molar-refractivity contribution in [2.45, 2.75) is 37.1 Å². The van der Waals surface area contributed by atoms with Crippen LogP contribution in [0.1, 0.15) is 32.1 Å². The molecule has 0 aromatic carbocycles. The van der Waals surface area contributed by atoms with E-state index in [0.29, 0.717) is 12.2 Å². The maximum atomic E-state index is 12.0. The number of carbonyl (C=O) groups is 1. The van der Waals surface area contributed by atoms with E-state index >= 15 is 0 Å². The average Bonchev–Trinajstić information content (AvgIpc) is 2.70. The molecule has 0 aliphatic carbocycles. The first-order chi connectivity index (χ1) is 9.66. The number of likely N-dealkylation sites (tertiary alicyclic amines) is 1. The molecule has 0 radical (unpaired) electrons. The van der Waals surface area contributed by atoms with E-state index in [1.54, 1.807) is 0 Å². The van der Waals surface area contributed by atoms with Crippen molar-refractivity contribution in [1.82, 2.24) is 20.1 Å². The van der Waals surface area contributed by atoms with Crippen molar-refractivity contribution in [3.8, 4) is 0 Å². The van der Waals surface area contributed by atoms with Crippen LogP contribution in [0.3, 0.4) is 0 Å². The van der Waals surface area contributed by atoms with Crippen LogP contribution in [-0.2, 0) is 4.79 Å². The summed E-state index contributed by atoms with van der Waals surface area (Å²) in [5.41, 5.74) is -1.14. The number of H-pyrrole nitrogens is 2. The molecule has 1 aliphatic rings. The monoisotopic (exact) mass is 298 g/mol. The molecule has 7 nitrogen and oxygen atoms in total. The van der Waals surface area contributed by atoms with Gasteiger partial charge < -0.3 is 4.90 Å². The Morgan fingerprint density at radius 2 is 1.90 bits per heavy atom. The molecule has 1 aromatic heterocycles. The minimum absolute atomic E-state index is 0.125. The number of rotatable bonds is 4. The Bertz CT molecular complexity index is 560. The number of carbonyl (C=O) groups excluding carboxylic acids is 1. The number of nitrogens with zero attached hydrogens (tertiary/aromatic N) is 2. The molecule has 1 aromatic rings. The standard InChI is InChI=1S/C12H18N4O3S/c17-9(16-6-3-1-2-4-7-16)5-8-20-11-10(18)13-12(19)15-14-11/h1-8H2,(H2,13,15,18,19). The van der Waals surface area contributed by atoms with Crippen LogP contribution in [-0.4, -0.2) is 44.8 Å². The molecule has 1 aliphatic heterocycles. The zero-order valence-corrected chi connectivity index (χ0v) is 12.0. The highest BCUT2D eigenvalue weighted by atomic mass is 32.2. The van der Waals surface area contributed by atoms with Gasteiger partial charge in [-0.25, -0.2) is 9.89 Å². The van der Waals surface area contributed by atoms with Crippen molar-refractivity contribution >= 4 is 17.7 Å². The maximum Gasteiger partial charge on any atom is 0.342 e. The molecule has 0 spiro atoms. The third-order valence-corrected chi connectivity index (χ3v) is 4.15. The number of amides is 1. The molecule has 2 rings (SSSR count). The van der Waals surface area contributed by atoms with E-state index < -0.39 is 11.2 Å². The molecule has 2 heterocycles. The van der Waals surface area contributed by atoms with E-state index in [1.165, 1.54) is 24.6 Å². The molecule has 20 heavy (non-hydrogen) atoms. The van der Waals surface area contributed by atoms with Crippen LogP contribution in [0.5, 0.6) is 0 Å². The zero-order valence-electron chi connectivity index (χ0n) is 11.2. The second-order valence-electron chi connectivity index (χ2n) is 4.71. The van der Waals surface area contributed by atoms with Gasteiger partial charge in [0.1, 0.15) is 0 Å². The SMILES string of the molecule is O=C(CCSc1n[nH]c(=O)[nH]c1=O)N1CCCCCC1. The molecule has 0 bridgehead atoms. The Labute approximate surface area is 120 Å². The summed E-state index contributed by atoms with van der Waals surface area (Å²) in [6, 6.07) is 0. The van der Waals surface area contributed by atoms with Gasteiger partial charge in [0.05, 0.1) is 0 Å². The van der Waals surface area contributed by atoms with Crippen LogP contribution in [0.4, 0.5) is 0 Å². The summed E-state index contributed by atoms with van der Waals surface area (Å²) in [5.74, 6) is 0.609. The fraction of sp³-hybridized carbons (Fsp3) is 0.667. The Balaban J connectivity index is 1.81. The van der Waals surface area contributed by atoms with Gasteiger partial charge in [0, 0.05) is 25.3 Å². The second-order valence-corrected chi connectivity index (χ2v) is 5.79. The summed E-state index contributed by atoms with van der Waals surface area (Å²) in [6.45, 7) is 1.67. The summed E-state index contributed by atoms with van der Waals surface area (Å²) in [7, 11) is 0. The average molecular weight is 298 g/mol. The van der Waals surface area contributed by atoms with Gasteiger partial charge >= 0.3 is 5.69 Å². The molecule has 2 N–H and O–H groups in total. The Morgan fingerprint density at radius 1 is 1.20 bits per heavy atom. The van der Waals surface area contributed by atoms with E-state index in [4.69, 9.17) is 0 Å². The molecule has 1 fully saturated rings. The lowest BCUT2D eigenvalue weighted by atomic mass is 10.2. The first-order valence-corrected chi connectivity index (χ1v) is 7.75. The van der Waals surface area contributed by atoms with Gasteiger partial charge in [-0.3, -0.25) is 14.6 Å². The number of aromatic nitrogens is 3. The van der Waals surface area contributed by atoms with Gasteiger partial charge in [-0.05, 0) is 12.8 Å². The van der Waals surface area contributed by atoms with E-state index in [0.717, 1.165) is 25.9 Å². The Morgan fingerprint density at radius 3 is 2.55 bits per heavy atom. The van der Waals surface area contributed by atoms with Crippen molar-refractivity contribution in [1.29, 1.82) is 0 Å². The number of thioether (sulfide) groups is 1. The zero-order chi connectivity index (χ0) is 14.4. The van der Waals surface area contributed by atoms with Gasteiger partial charge in [-0.2, -0.15) is 5.10 Å².